The second-order valence-corrected chi connectivity index (χ2v) is 4.18. The third kappa shape index (κ3) is 1.70. The summed E-state index contributed by atoms with van der Waals surface area (Å²) in [4.78, 5) is 16.2. The van der Waals surface area contributed by atoms with Crippen molar-refractivity contribution in [1.29, 1.82) is 0 Å². The molecule has 18 heavy (non-hydrogen) atoms. The molecule has 0 unspecified atom stereocenters. The Morgan fingerprint density at radius 3 is 2.67 bits per heavy atom. The Labute approximate surface area is 104 Å². The summed E-state index contributed by atoms with van der Waals surface area (Å²) in [5.41, 5.74) is 2.13. The third-order valence-electron chi connectivity index (χ3n) is 3.00. The van der Waals surface area contributed by atoms with Gasteiger partial charge in [0.2, 0.25) is 0 Å². The number of hydrogen-bond donors (Lipinski definition) is 0. The molecule has 0 radical (unpaired) electrons. The van der Waals surface area contributed by atoms with Crippen molar-refractivity contribution in [3.05, 3.63) is 53.6 Å². The topological polar surface area (TPSA) is 38.7 Å². The lowest BCUT2D eigenvalue weighted by atomic mass is 10.0. The number of benzene rings is 2. The van der Waals surface area contributed by atoms with E-state index < -0.39 is 0 Å². The van der Waals surface area contributed by atoms with Gasteiger partial charge in [-0.15, -0.1) is 0 Å². The molecular formula is C15H11NO2. The Morgan fingerprint density at radius 1 is 1.11 bits per heavy atom. The Balaban J connectivity index is 2.19. The van der Waals surface area contributed by atoms with E-state index in [1.807, 2.05) is 48.5 Å². The molecular weight excluding hydrogens is 226 g/mol. The fraction of sp³-hybridized carbons (Fsp3) is 0.0667. The molecule has 0 aliphatic carbocycles. The van der Waals surface area contributed by atoms with Gasteiger partial charge in [-0.1, -0.05) is 47.6 Å². The van der Waals surface area contributed by atoms with Gasteiger partial charge in [0.1, 0.15) is 0 Å². The largest absolute Gasteiger partial charge is 0.367 e. The number of nitrogens with zero attached hydrogens (tertiary/aromatic N) is 1. The van der Waals surface area contributed by atoms with Gasteiger partial charge in [-0.25, -0.2) is 4.79 Å². The molecule has 2 aromatic rings. The van der Waals surface area contributed by atoms with Gasteiger partial charge in [-0.2, -0.15) is 0 Å². The van der Waals surface area contributed by atoms with Crippen LogP contribution < -0.4 is 0 Å². The number of carbonyl (C=O) groups excluding carboxylic acids is 1. The average Bonchev–Trinajstić information content (AvgIpc) is 2.71. The first-order chi connectivity index (χ1) is 8.75. The standard InChI is InChI=1S/C15H11NO2/c1-10-14(15(17)18-16-10)9-12-7-4-6-11-5-2-3-8-13(11)12/h2-9H,1H3/b14-9+. The lowest BCUT2D eigenvalue weighted by Gasteiger charge is -2.02. The van der Waals surface area contributed by atoms with E-state index in [1.165, 1.54) is 0 Å². The minimum Gasteiger partial charge on any atom is -0.312 e. The van der Waals surface area contributed by atoms with Crippen LogP contribution in [0.2, 0.25) is 0 Å². The zero-order valence-electron chi connectivity index (χ0n) is 9.88. The fourth-order valence-corrected chi connectivity index (χ4v) is 2.05. The maximum atomic E-state index is 11.5. The Hall–Kier alpha value is -2.42. The van der Waals surface area contributed by atoms with Crippen molar-refractivity contribution < 1.29 is 9.63 Å². The van der Waals surface area contributed by atoms with Crippen LogP contribution in [0, 0.1) is 0 Å². The highest BCUT2D eigenvalue weighted by Crippen LogP contribution is 2.22. The van der Waals surface area contributed by atoms with Crippen LogP contribution in [0.5, 0.6) is 0 Å². The van der Waals surface area contributed by atoms with Crippen molar-refractivity contribution in [2.45, 2.75) is 6.92 Å². The quantitative estimate of drug-likeness (QED) is 0.564. The predicted octanol–water partition coefficient (Wildman–Crippen LogP) is 3.16. The van der Waals surface area contributed by atoms with Crippen molar-refractivity contribution in [3.8, 4) is 0 Å². The maximum Gasteiger partial charge on any atom is 0.367 e. The molecule has 1 heterocycles. The second-order valence-electron chi connectivity index (χ2n) is 4.18. The predicted molar refractivity (Wildman–Crippen MR) is 71.1 cm³/mol. The first kappa shape index (κ1) is 10.7. The highest BCUT2D eigenvalue weighted by atomic mass is 16.7. The van der Waals surface area contributed by atoms with Crippen LogP contribution in [-0.4, -0.2) is 11.7 Å². The molecule has 3 nitrogen and oxygen atoms in total. The molecule has 2 aromatic carbocycles. The molecule has 3 rings (SSSR count). The highest BCUT2D eigenvalue weighted by Gasteiger charge is 2.21. The first-order valence-electron chi connectivity index (χ1n) is 5.71. The maximum absolute atomic E-state index is 11.5. The lowest BCUT2D eigenvalue weighted by molar-refractivity contribution is -0.136. The molecule has 3 heteroatoms. The summed E-state index contributed by atoms with van der Waals surface area (Å²) in [5, 5.41) is 5.93. The van der Waals surface area contributed by atoms with Gasteiger partial charge in [-0.05, 0) is 29.3 Å². The van der Waals surface area contributed by atoms with Gasteiger partial charge in [-0.3, -0.25) is 0 Å². The molecule has 0 saturated carbocycles. The average molecular weight is 237 g/mol. The Bertz CT molecular complexity index is 693. The molecule has 0 fully saturated rings. The summed E-state index contributed by atoms with van der Waals surface area (Å²) in [6.45, 7) is 1.77. The Kier molecular flexibility index (Phi) is 2.45. The summed E-state index contributed by atoms with van der Waals surface area (Å²) >= 11 is 0. The van der Waals surface area contributed by atoms with Crippen LogP contribution in [0.3, 0.4) is 0 Å². The molecule has 0 bridgehead atoms. The van der Waals surface area contributed by atoms with Crippen LogP contribution in [0.1, 0.15) is 12.5 Å². The van der Waals surface area contributed by atoms with E-state index in [0.717, 1.165) is 16.3 Å². The minimum absolute atomic E-state index is 0.388. The molecule has 0 spiro atoms. The third-order valence-corrected chi connectivity index (χ3v) is 3.00. The van der Waals surface area contributed by atoms with Gasteiger partial charge in [0.05, 0.1) is 11.3 Å². The van der Waals surface area contributed by atoms with E-state index in [4.69, 9.17) is 0 Å². The summed E-state index contributed by atoms with van der Waals surface area (Å²) in [5.74, 6) is -0.388. The molecule has 0 atom stereocenters. The molecule has 0 aromatic heterocycles. The van der Waals surface area contributed by atoms with Crippen LogP contribution in [0.25, 0.3) is 16.8 Å². The summed E-state index contributed by atoms with van der Waals surface area (Å²) in [7, 11) is 0. The van der Waals surface area contributed by atoms with E-state index in [-0.39, 0.29) is 5.97 Å². The molecule has 1 aliphatic heterocycles. The fourth-order valence-electron chi connectivity index (χ4n) is 2.05. The SMILES string of the molecule is CC1=NOC(=O)/C1=C/c1cccc2ccccc12. The van der Waals surface area contributed by atoms with E-state index in [1.54, 1.807) is 6.92 Å². The first-order valence-corrected chi connectivity index (χ1v) is 5.71. The van der Waals surface area contributed by atoms with Crippen LogP contribution in [-0.2, 0) is 9.63 Å². The summed E-state index contributed by atoms with van der Waals surface area (Å²) in [6, 6.07) is 14.1. The van der Waals surface area contributed by atoms with E-state index in [2.05, 4.69) is 9.99 Å². The van der Waals surface area contributed by atoms with Crippen molar-refractivity contribution in [2.24, 2.45) is 5.16 Å². The number of hydrogen-bond acceptors (Lipinski definition) is 3. The molecule has 88 valence electrons. The van der Waals surface area contributed by atoms with E-state index >= 15 is 0 Å². The van der Waals surface area contributed by atoms with Crippen LogP contribution in [0.4, 0.5) is 0 Å². The number of fused-ring (bicyclic) bond motifs is 1. The normalized spacial score (nSPS) is 17.1. The van der Waals surface area contributed by atoms with Crippen molar-refractivity contribution >= 4 is 28.5 Å². The zero-order chi connectivity index (χ0) is 12.5. The number of rotatable bonds is 1. The summed E-state index contributed by atoms with van der Waals surface area (Å²) in [6.07, 6.45) is 1.83. The molecule has 0 amide bonds. The van der Waals surface area contributed by atoms with Gasteiger partial charge in [0, 0.05) is 0 Å². The summed E-state index contributed by atoms with van der Waals surface area (Å²) < 4.78 is 0. The van der Waals surface area contributed by atoms with E-state index in [9.17, 15) is 4.79 Å². The van der Waals surface area contributed by atoms with Gasteiger partial charge < -0.3 is 4.84 Å². The highest BCUT2D eigenvalue weighted by molar-refractivity contribution is 6.24. The number of carbonyl (C=O) groups is 1. The molecule has 0 saturated heterocycles. The van der Waals surface area contributed by atoms with Crippen LogP contribution >= 0.6 is 0 Å². The van der Waals surface area contributed by atoms with Gasteiger partial charge in [0.15, 0.2) is 0 Å². The second kappa shape index (κ2) is 4.11. The van der Waals surface area contributed by atoms with Crippen molar-refractivity contribution in [2.75, 3.05) is 0 Å². The van der Waals surface area contributed by atoms with Crippen molar-refractivity contribution in [3.63, 3.8) is 0 Å². The lowest BCUT2D eigenvalue weighted by Crippen LogP contribution is -2.01. The molecule has 1 aliphatic rings. The minimum atomic E-state index is -0.388. The smallest absolute Gasteiger partial charge is 0.312 e. The van der Waals surface area contributed by atoms with Gasteiger partial charge >= 0.3 is 5.97 Å². The van der Waals surface area contributed by atoms with E-state index in [0.29, 0.717) is 11.3 Å². The van der Waals surface area contributed by atoms with Crippen molar-refractivity contribution in [1.82, 2.24) is 0 Å². The number of oxime groups is 1. The molecule has 0 N–H and O–H groups in total. The van der Waals surface area contributed by atoms with Gasteiger partial charge in [0.25, 0.3) is 0 Å². The Morgan fingerprint density at radius 2 is 1.89 bits per heavy atom. The monoisotopic (exact) mass is 237 g/mol. The zero-order valence-corrected chi connectivity index (χ0v) is 9.88. The van der Waals surface area contributed by atoms with Crippen LogP contribution in [0.15, 0.2) is 53.2 Å².